The zero-order chi connectivity index (χ0) is 14.4. The fraction of sp³-hybridized carbons (Fsp3) is 0.438. The molecule has 0 amide bonds. The van der Waals surface area contributed by atoms with E-state index in [0.29, 0.717) is 6.04 Å². The molecule has 0 radical (unpaired) electrons. The van der Waals surface area contributed by atoms with Crippen molar-refractivity contribution in [2.75, 3.05) is 7.11 Å². The lowest BCUT2D eigenvalue weighted by molar-refractivity contribution is 0.152. The van der Waals surface area contributed by atoms with Crippen molar-refractivity contribution in [1.82, 2.24) is 9.55 Å². The van der Waals surface area contributed by atoms with Crippen LogP contribution in [0.15, 0.2) is 30.7 Å². The highest BCUT2D eigenvalue weighted by Crippen LogP contribution is 2.43. The molecule has 1 aliphatic heterocycles. The van der Waals surface area contributed by atoms with Crippen molar-refractivity contribution in [1.29, 1.82) is 0 Å². The number of hydrogen-bond donors (Lipinski definition) is 1. The van der Waals surface area contributed by atoms with Crippen LogP contribution < -0.4 is 15.2 Å². The molecule has 21 heavy (non-hydrogen) atoms. The molecule has 1 aromatic heterocycles. The Hall–Kier alpha value is -2.01. The quantitative estimate of drug-likeness (QED) is 0.942. The molecule has 2 heterocycles. The molecule has 2 aromatic rings. The number of nitrogens with two attached hydrogens (primary N) is 1. The van der Waals surface area contributed by atoms with E-state index >= 15 is 0 Å². The van der Waals surface area contributed by atoms with Crippen molar-refractivity contribution in [2.24, 2.45) is 5.73 Å². The third-order valence-corrected chi connectivity index (χ3v) is 4.32. The minimum atomic E-state index is -0.0392. The van der Waals surface area contributed by atoms with Crippen molar-refractivity contribution in [3.8, 4) is 11.5 Å². The number of ether oxygens (including phenoxy) is 2. The highest BCUT2D eigenvalue weighted by molar-refractivity contribution is 5.44. The summed E-state index contributed by atoms with van der Waals surface area (Å²) in [6, 6.07) is 6.41. The number of imidazole rings is 1. The first kappa shape index (κ1) is 12.7. The second-order valence-corrected chi connectivity index (χ2v) is 5.81. The summed E-state index contributed by atoms with van der Waals surface area (Å²) in [6.45, 7) is 0. The van der Waals surface area contributed by atoms with Crippen LogP contribution in [-0.4, -0.2) is 16.7 Å². The topological polar surface area (TPSA) is 62.3 Å². The Morgan fingerprint density at radius 2 is 2.24 bits per heavy atom. The fourth-order valence-electron chi connectivity index (χ4n) is 3.01. The molecular formula is C16H19N3O2. The van der Waals surface area contributed by atoms with E-state index < -0.39 is 0 Å². The van der Waals surface area contributed by atoms with Gasteiger partial charge < -0.3 is 19.8 Å². The molecule has 2 aliphatic rings. The average Bonchev–Trinajstić information content (AvgIpc) is 3.23. The Balaban J connectivity index is 1.68. The van der Waals surface area contributed by atoms with E-state index in [1.165, 1.54) is 12.8 Å². The molecule has 4 rings (SSSR count). The van der Waals surface area contributed by atoms with Crippen LogP contribution in [0.5, 0.6) is 11.5 Å². The van der Waals surface area contributed by atoms with Gasteiger partial charge in [0, 0.05) is 30.1 Å². The van der Waals surface area contributed by atoms with Gasteiger partial charge >= 0.3 is 0 Å². The molecule has 1 aliphatic carbocycles. The van der Waals surface area contributed by atoms with Crippen LogP contribution in [0.1, 0.15) is 48.7 Å². The monoisotopic (exact) mass is 285 g/mol. The predicted molar refractivity (Wildman–Crippen MR) is 78.4 cm³/mol. The zero-order valence-corrected chi connectivity index (χ0v) is 12.0. The van der Waals surface area contributed by atoms with Crippen LogP contribution in [0.2, 0.25) is 0 Å². The molecule has 2 atom stereocenters. The van der Waals surface area contributed by atoms with Crippen molar-refractivity contribution in [2.45, 2.75) is 37.5 Å². The van der Waals surface area contributed by atoms with E-state index in [1.807, 2.05) is 30.7 Å². The first-order valence-corrected chi connectivity index (χ1v) is 7.38. The fourth-order valence-corrected chi connectivity index (χ4v) is 3.01. The minimum Gasteiger partial charge on any atom is -0.497 e. The van der Waals surface area contributed by atoms with Gasteiger partial charge in [0.15, 0.2) is 0 Å². The molecule has 1 fully saturated rings. The van der Waals surface area contributed by atoms with Gasteiger partial charge in [-0.2, -0.15) is 0 Å². The van der Waals surface area contributed by atoms with Gasteiger partial charge in [-0.3, -0.25) is 0 Å². The SMILES string of the molecule is COc1ccc2c(c1)OC(c1cncn1C1CC1)C[C@@H]2N. The van der Waals surface area contributed by atoms with E-state index in [-0.39, 0.29) is 12.1 Å². The summed E-state index contributed by atoms with van der Waals surface area (Å²) >= 11 is 0. The Bertz CT molecular complexity index is 663. The lowest BCUT2D eigenvalue weighted by Gasteiger charge is -2.31. The van der Waals surface area contributed by atoms with Crippen LogP contribution in [0.25, 0.3) is 0 Å². The second kappa shape index (κ2) is 4.77. The number of fused-ring (bicyclic) bond motifs is 1. The average molecular weight is 285 g/mol. The standard InChI is InChI=1S/C16H19N3O2/c1-20-11-4-5-12-13(17)7-16(21-15(12)6-11)14-8-18-9-19(14)10-2-3-10/h4-6,8-10,13,16H,2-3,7,17H2,1H3/t13-,16?/m0/s1. The molecular weight excluding hydrogens is 266 g/mol. The van der Waals surface area contributed by atoms with Crippen LogP contribution in [0.4, 0.5) is 0 Å². The maximum Gasteiger partial charge on any atom is 0.142 e. The van der Waals surface area contributed by atoms with Crippen LogP contribution >= 0.6 is 0 Å². The Labute approximate surface area is 123 Å². The van der Waals surface area contributed by atoms with Gasteiger partial charge in [-0.25, -0.2) is 4.98 Å². The van der Waals surface area contributed by atoms with Crippen molar-refractivity contribution in [3.05, 3.63) is 42.0 Å². The molecule has 0 bridgehead atoms. The van der Waals surface area contributed by atoms with Crippen molar-refractivity contribution >= 4 is 0 Å². The molecule has 5 heteroatoms. The van der Waals surface area contributed by atoms with E-state index in [4.69, 9.17) is 15.2 Å². The Kier molecular flexibility index (Phi) is 2.89. The number of nitrogens with zero attached hydrogens (tertiary/aromatic N) is 2. The summed E-state index contributed by atoms with van der Waals surface area (Å²) in [6.07, 6.45) is 7.00. The third kappa shape index (κ3) is 2.17. The highest BCUT2D eigenvalue weighted by Gasteiger charge is 2.33. The van der Waals surface area contributed by atoms with Crippen molar-refractivity contribution in [3.63, 3.8) is 0 Å². The Morgan fingerprint density at radius 1 is 1.38 bits per heavy atom. The molecule has 1 aromatic carbocycles. The summed E-state index contributed by atoms with van der Waals surface area (Å²) in [7, 11) is 1.66. The zero-order valence-electron chi connectivity index (χ0n) is 12.0. The summed E-state index contributed by atoms with van der Waals surface area (Å²) in [5, 5.41) is 0. The number of methoxy groups -OCH3 is 1. The predicted octanol–water partition coefficient (Wildman–Crippen LogP) is 2.75. The van der Waals surface area contributed by atoms with E-state index in [1.54, 1.807) is 7.11 Å². The normalized spacial score (nSPS) is 24.3. The minimum absolute atomic E-state index is 0.0211. The smallest absolute Gasteiger partial charge is 0.142 e. The molecule has 1 saturated carbocycles. The number of aromatic nitrogens is 2. The number of benzene rings is 1. The molecule has 110 valence electrons. The third-order valence-electron chi connectivity index (χ3n) is 4.32. The second-order valence-electron chi connectivity index (χ2n) is 5.81. The summed E-state index contributed by atoms with van der Waals surface area (Å²) in [5.74, 6) is 1.61. The summed E-state index contributed by atoms with van der Waals surface area (Å²) < 4.78 is 13.7. The summed E-state index contributed by atoms with van der Waals surface area (Å²) in [5.41, 5.74) is 8.50. The van der Waals surface area contributed by atoms with Gasteiger partial charge in [-0.15, -0.1) is 0 Å². The molecule has 0 saturated heterocycles. The van der Waals surface area contributed by atoms with Gasteiger partial charge in [0.2, 0.25) is 0 Å². The van der Waals surface area contributed by atoms with Gasteiger partial charge in [0.1, 0.15) is 17.6 Å². The Morgan fingerprint density at radius 3 is 3.00 bits per heavy atom. The molecule has 1 unspecified atom stereocenters. The van der Waals surface area contributed by atoms with Crippen molar-refractivity contribution < 1.29 is 9.47 Å². The highest BCUT2D eigenvalue weighted by atomic mass is 16.5. The van der Waals surface area contributed by atoms with Crippen LogP contribution in [0, 0.1) is 0 Å². The largest absolute Gasteiger partial charge is 0.497 e. The number of hydrogen-bond acceptors (Lipinski definition) is 4. The molecule has 0 spiro atoms. The van der Waals surface area contributed by atoms with Crippen LogP contribution in [-0.2, 0) is 0 Å². The number of rotatable bonds is 3. The maximum atomic E-state index is 6.33. The van der Waals surface area contributed by atoms with Gasteiger partial charge in [0.25, 0.3) is 0 Å². The first-order valence-electron chi connectivity index (χ1n) is 7.38. The van der Waals surface area contributed by atoms with E-state index in [2.05, 4.69) is 9.55 Å². The van der Waals surface area contributed by atoms with Gasteiger partial charge in [-0.1, -0.05) is 6.07 Å². The first-order chi connectivity index (χ1) is 10.3. The lowest BCUT2D eigenvalue weighted by Crippen LogP contribution is -2.25. The molecule has 2 N–H and O–H groups in total. The van der Waals surface area contributed by atoms with E-state index in [9.17, 15) is 0 Å². The van der Waals surface area contributed by atoms with Crippen LogP contribution in [0.3, 0.4) is 0 Å². The molecule has 5 nitrogen and oxygen atoms in total. The van der Waals surface area contributed by atoms with E-state index in [0.717, 1.165) is 29.2 Å². The lowest BCUT2D eigenvalue weighted by atomic mass is 9.96. The maximum absolute atomic E-state index is 6.33. The van der Waals surface area contributed by atoms with Gasteiger partial charge in [-0.05, 0) is 18.9 Å². The summed E-state index contributed by atoms with van der Waals surface area (Å²) in [4.78, 5) is 4.29. The van der Waals surface area contributed by atoms with Gasteiger partial charge in [0.05, 0.1) is 25.3 Å².